The molecule has 0 radical (unpaired) electrons. The molecular formula is C16H12F17N2+. The van der Waals surface area contributed by atoms with Gasteiger partial charge in [0.1, 0.15) is 12.4 Å². The third kappa shape index (κ3) is 4.53. The first-order valence-electron chi connectivity index (χ1n) is 8.67. The van der Waals surface area contributed by atoms with Gasteiger partial charge in [0.2, 0.25) is 6.33 Å². The molecule has 2 nitrogen and oxygen atoms in total. The van der Waals surface area contributed by atoms with E-state index >= 15 is 0 Å². The summed E-state index contributed by atoms with van der Waals surface area (Å²) in [5.41, 5.74) is 0. The van der Waals surface area contributed by atoms with Crippen molar-refractivity contribution in [3.63, 3.8) is 0 Å². The molecule has 0 aliphatic rings. The molecule has 0 fully saturated rings. The van der Waals surface area contributed by atoms with E-state index in [1.807, 2.05) is 0 Å². The standard InChI is InChI=1S/C16H12F17N2/c1-2-34-6-7-35(8-34)5-3-4-9(17,18)10(19,20)11(21,22)12(23,24)13(25,26)14(27,28)15(29,30)16(31,32)33/h2,6-8H,1,3-5H2/q+1. The van der Waals surface area contributed by atoms with Crippen LogP contribution in [0.4, 0.5) is 74.6 Å². The maximum atomic E-state index is 13.8. The number of aromatic nitrogens is 2. The zero-order valence-electron chi connectivity index (χ0n) is 16.5. The first kappa shape index (κ1) is 30.8. The van der Waals surface area contributed by atoms with Crippen LogP contribution in [0.25, 0.3) is 6.20 Å². The molecule has 0 saturated carbocycles. The maximum Gasteiger partial charge on any atom is 0.460 e. The fourth-order valence-corrected chi connectivity index (χ4v) is 2.49. The minimum atomic E-state index is -8.61. The third-order valence-corrected chi connectivity index (χ3v) is 4.62. The Hall–Kier alpha value is -2.24. The van der Waals surface area contributed by atoms with Gasteiger partial charge in [0.15, 0.2) is 0 Å². The molecule has 1 heterocycles. The zero-order chi connectivity index (χ0) is 28.1. The van der Waals surface area contributed by atoms with Crippen LogP contribution in [0.3, 0.4) is 0 Å². The lowest BCUT2D eigenvalue weighted by Crippen LogP contribution is -2.74. The Labute approximate surface area is 183 Å². The Balaban J connectivity index is 3.33. The quantitative estimate of drug-likeness (QED) is 0.213. The van der Waals surface area contributed by atoms with Gasteiger partial charge in [0.05, 0.1) is 12.7 Å². The van der Waals surface area contributed by atoms with E-state index in [-0.39, 0.29) is 0 Å². The minimum Gasteiger partial charge on any atom is -0.236 e. The second-order valence-electron chi connectivity index (χ2n) is 7.03. The molecule has 204 valence electrons. The number of nitrogens with zero attached hydrogens (tertiary/aromatic N) is 2. The maximum absolute atomic E-state index is 13.8. The van der Waals surface area contributed by atoms with Gasteiger partial charge in [-0.05, 0) is 6.42 Å². The SMILES string of the molecule is C=Cn1cc[n+](CCCC(F)(F)C(F)(F)C(F)(F)C(F)(F)C(F)(F)C(F)(F)C(F)(F)C(F)(F)F)c1. The van der Waals surface area contributed by atoms with Gasteiger partial charge in [-0.1, -0.05) is 6.58 Å². The number of rotatable bonds is 11. The van der Waals surface area contributed by atoms with Gasteiger partial charge in [-0.3, -0.25) is 0 Å². The number of imidazole rings is 1. The highest BCUT2D eigenvalue weighted by Crippen LogP contribution is 2.64. The van der Waals surface area contributed by atoms with Gasteiger partial charge in [0, 0.05) is 6.42 Å². The van der Waals surface area contributed by atoms with Gasteiger partial charge in [-0.25, -0.2) is 9.13 Å². The normalized spacial score (nSPS) is 15.5. The summed E-state index contributed by atoms with van der Waals surface area (Å²) in [4.78, 5) is 0. The molecule has 0 saturated heterocycles. The van der Waals surface area contributed by atoms with Gasteiger partial charge in [-0.2, -0.15) is 74.6 Å². The summed E-state index contributed by atoms with van der Waals surface area (Å²) in [6, 6.07) is 0. The number of aryl methyl sites for hydroxylation is 1. The van der Waals surface area contributed by atoms with Crippen LogP contribution in [-0.4, -0.2) is 52.2 Å². The van der Waals surface area contributed by atoms with Crippen molar-refractivity contribution < 1.29 is 79.2 Å². The van der Waals surface area contributed by atoms with E-state index in [9.17, 15) is 74.6 Å². The topological polar surface area (TPSA) is 8.81 Å². The predicted molar refractivity (Wildman–Crippen MR) is 80.9 cm³/mol. The molecular weight excluding hydrogens is 543 g/mol. The van der Waals surface area contributed by atoms with Crippen LogP contribution in [-0.2, 0) is 6.54 Å². The Morgan fingerprint density at radius 1 is 0.629 bits per heavy atom. The molecule has 1 aromatic rings. The molecule has 0 aromatic carbocycles. The van der Waals surface area contributed by atoms with Crippen LogP contribution < -0.4 is 4.57 Å². The second kappa shape index (κ2) is 8.70. The fourth-order valence-electron chi connectivity index (χ4n) is 2.49. The first-order chi connectivity index (χ1) is 15.3. The van der Waals surface area contributed by atoms with Crippen molar-refractivity contribution in [1.82, 2.24) is 4.57 Å². The Kier molecular flexibility index (Phi) is 7.66. The molecule has 0 amide bonds. The van der Waals surface area contributed by atoms with Crippen molar-refractivity contribution in [1.29, 1.82) is 0 Å². The fraction of sp³-hybridized carbons (Fsp3) is 0.688. The highest BCUT2D eigenvalue weighted by Gasteiger charge is 2.95. The minimum absolute atomic E-state index is 0.694. The van der Waals surface area contributed by atoms with E-state index in [2.05, 4.69) is 6.58 Å². The van der Waals surface area contributed by atoms with Gasteiger partial charge >= 0.3 is 47.6 Å². The lowest BCUT2D eigenvalue weighted by atomic mass is 9.88. The third-order valence-electron chi connectivity index (χ3n) is 4.62. The van der Waals surface area contributed by atoms with E-state index in [4.69, 9.17) is 0 Å². The molecule has 1 rings (SSSR count). The van der Waals surface area contributed by atoms with Gasteiger partial charge in [0.25, 0.3) is 0 Å². The number of halogens is 17. The van der Waals surface area contributed by atoms with Gasteiger partial charge in [-0.15, -0.1) is 0 Å². The second-order valence-corrected chi connectivity index (χ2v) is 7.03. The average Bonchev–Trinajstić information content (AvgIpc) is 3.14. The van der Waals surface area contributed by atoms with Crippen LogP contribution in [0.2, 0.25) is 0 Å². The van der Waals surface area contributed by atoms with Crippen molar-refractivity contribution in [3.05, 3.63) is 25.3 Å². The van der Waals surface area contributed by atoms with E-state index in [1.54, 1.807) is 0 Å². The summed E-state index contributed by atoms with van der Waals surface area (Å²) in [6.45, 7) is 2.57. The van der Waals surface area contributed by atoms with Crippen LogP contribution in [0.15, 0.2) is 25.3 Å². The summed E-state index contributed by atoms with van der Waals surface area (Å²) < 4.78 is 226. The lowest BCUT2D eigenvalue weighted by Gasteiger charge is -2.42. The Morgan fingerprint density at radius 2 is 1.03 bits per heavy atom. The van der Waals surface area contributed by atoms with Crippen LogP contribution in [0.5, 0.6) is 0 Å². The van der Waals surface area contributed by atoms with Crippen molar-refractivity contribution in [2.24, 2.45) is 0 Å². The molecule has 0 spiro atoms. The van der Waals surface area contributed by atoms with E-state index in [0.717, 1.165) is 23.3 Å². The zero-order valence-corrected chi connectivity index (χ0v) is 16.5. The van der Waals surface area contributed by atoms with Crippen LogP contribution in [0.1, 0.15) is 12.8 Å². The molecule has 0 N–H and O–H groups in total. The Bertz CT molecular complexity index is 896. The number of alkyl halides is 17. The lowest BCUT2D eigenvalue weighted by molar-refractivity contribution is -0.696. The van der Waals surface area contributed by atoms with Crippen molar-refractivity contribution in [3.8, 4) is 0 Å². The van der Waals surface area contributed by atoms with E-state index in [1.165, 1.54) is 10.8 Å². The highest BCUT2D eigenvalue weighted by atomic mass is 19.4. The smallest absolute Gasteiger partial charge is 0.236 e. The molecule has 0 aliphatic carbocycles. The monoisotopic (exact) mass is 555 g/mol. The van der Waals surface area contributed by atoms with E-state index < -0.39 is 67.0 Å². The summed E-state index contributed by atoms with van der Waals surface area (Å²) >= 11 is 0. The summed E-state index contributed by atoms with van der Waals surface area (Å²) in [6.07, 6.45) is -6.93. The molecule has 35 heavy (non-hydrogen) atoms. The predicted octanol–water partition coefficient (Wildman–Crippen LogP) is 6.67. The van der Waals surface area contributed by atoms with Crippen LogP contribution in [0, 0.1) is 0 Å². The summed E-state index contributed by atoms with van der Waals surface area (Å²) in [5.74, 6) is -56.0. The van der Waals surface area contributed by atoms with Crippen LogP contribution >= 0.6 is 0 Å². The highest BCUT2D eigenvalue weighted by molar-refractivity contribution is 5.15. The first-order valence-corrected chi connectivity index (χ1v) is 8.67. The molecule has 0 atom stereocenters. The summed E-state index contributed by atoms with van der Waals surface area (Å²) in [7, 11) is 0. The van der Waals surface area contributed by atoms with Crippen molar-refractivity contribution >= 4 is 6.20 Å². The number of hydrogen-bond acceptors (Lipinski definition) is 0. The number of hydrogen-bond donors (Lipinski definition) is 0. The average molecular weight is 555 g/mol. The molecule has 0 unspecified atom stereocenters. The van der Waals surface area contributed by atoms with Crippen molar-refractivity contribution in [2.45, 2.75) is 67.0 Å². The molecule has 1 aromatic heterocycles. The molecule has 0 aliphatic heterocycles. The summed E-state index contributed by atoms with van der Waals surface area (Å²) in [5, 5.41) is 0. The van der Waals surface area contributed by atoms with Gasteiger partial charge < -0.3 is 0 Å². The molecule has 0 bridgehead atoms. The largest absolute Gasteiger partial charge is 0.460 e. The van der Waals surface area contributed by atoms with E-state index in [0.29, 0.717) is 0 Å². The Morgan fingerprint density at radius 3 is 1.40 bits per heavy atom. The molecule has 19 heteroatoms. The van der Waals surface area contributed by atoms with Crippen molar-refractivity contribution in [2.75, 3.05) is 0 Å².